The van der Waals surface area contributed by atoms with Crippen molar-refractivity contribution in [2.45, 2.75) is 71.8 Å². The summed E-state index contributed by atoms with van der Waals surface area (Å²) in [6, 6.07) is 9.65. The monoisotopic (exact) mass is 704 g/mol. The van der Waals surface area contributed by atoms with Gasteiger partial charge in [-0.3, -0.25) is 0 Å². The van der Waals surface area contributed by atoms with Crippen LogP contribution in [0.1, 0.15) is 24.2 Å². The summed E-state index contributed by atoms with van der Waals surface area (Å²) in [5.74, 6) is 0.202. The van der Waals surface area contributed by atoms with Gasteiger partial charge in [0.2, 0.25) is 11.2 Å². The van der Waals surface area contributed by atoms with E-state index in [9.17, 15) is 35.7 Å². The summed E-state index contributed by atoms with van der Waals surface area (Å²) in [6.07, 6.45) is -9.36. The number of ether oxygens (including phenoxy) is 4. The van der Waals surface area contributed by atoms with Gasteiger partial charge in [0.05, 0.1) is 23.6 Å². The summed E-state index contributed by atoms with van der Waals surface area (Å²) in [7, 11) is 0. The summed E-state index contributed by atoms with van der Waals surface area (Å²) in [6.45, 7) is 0. The van der Waals surface area contributed by atoms with Gasteiger partial charge in [-0.2, -0.15) is 20.7 Å². The van der Waals surface area contributed by atoms with Crippen molar-refractivity contribution in [1.29, 1.82) is 10.5 Å². The summed E-state index contributed by atoms with van der Waals surface area (Å²) in [4.78, 5) is 20.3. The average molecular weight is 705 g/mol. The Kier molecular flexibility index (Phi) is 8.66. The van der Waals surface area contributed by atoms with Crippen molar-refractivity contribution in [2.75, 3.05) is 11.5 Å². The van der Waals surface area contributed by atoms with Crippen LogP contribution >= 0.6 is 23.2 Å². The molecule has 0 spiro atoms. The third-order valence-electron chi connectivity index (χ3n) is 8.26. The van der Waals surface area contributed by atoms with Crippen LogP contribution in [0.15, 0.2) is 36.9 Å². The van der Waals surface area contributed by atoms with Crippen LogP contribution in [0.4, 0.5) is 16.4 Å². The van der Waals surface area contributed by atoms with Gasteiger partial charge in [0, 0.05) is 12.8 Å². The molecule has 4 aromatic heterocycles. The van der Waals surface area contributed by atoms with Gasteiger partial charge in [-0.25, -0.2) is 23.8 Å². The lowest BCUT2D eigenvalue weighted by Crippen LogP contribution is -2.41. The Morgan fingerprint density at radius 2 is 1.23 bits per heavy atom. The van der Waals surface area contributed by atoms with Crippen LogP contribution in [-0.4, -0.2) is 104 Å². The molecule has 6 rings (SSSR count). The van der Waals surface area contributed by atoms with Crippen molar-refractivity contribution >= 4 is 52.0 Å². The van der Waals surface area contributed by atoms with Crippen molar-refractivity contribution in [2.24, 2.45) is 0 Å². The maximum atomic E-state index is 12.5. The molecule has 8 N–H and O–H groups in total. The number of aromatic nitrogens is 6. The number of hydrogen-bond donors (Lipinski definition) is 6. The number of aliphatic hydroxyl groups excluding tert-OH is 4. The van der Waals surface area contributed by atoms with Gasteiger partial charge in [-0.15, -0.1) is 0 Å². The first-order valence-electron chi connectivity index (χ1n) is 14.1. The highest BCUT2D eigenvalue weighted by molar-refractivity contribution is 6.21. The lowest BCUT2D eigenvalue weighted by Gasteiger charge is -2.24. The van der Waals surface area contributed by atoms with Gasteiger partial charge in [-0.05, 0) is 24.3 Å². The number of hydrogen-bond acceptors (Lipinski definition) is 17. The molecule has 2 aliphatic heterocycles. The molecule has 2 aliphatic rings. The largest absolute Gasteiger partial charge is 0.511 e. The molecule has 21 heteroatoms. The standard InChI is InChI=1S/C27H26Cl2N10O9/c28-17(5-13-19(40)21(42)26(7-30,47-13)15-3-1-11-23(32)34-9-36-38(11)15)45-25(44)46-18(29)6-14-20(41)22(43)27(8-31,48-14)16-4-2-12-24(33)35-10-37-39(12)16/h1-4,9-10,13-14,17-22,40-43H,5-6H2,(H2,32,34,36)(H2,33,35,37)/t13-,14-,17?,18?,19-,20-,21-,22-,26+,27+/m1/s1. The van der Waals surface area contributed by atoms with E-state index in [2.05, 4.69) is 20.2 Å². The van der Waals surface area contributed by atoms with E-state index in [0.29, 0.717) is 11.0 Å². The Morgan fingerprint density at radius 1 is 0.833 bits per heavy atom. The van der Waals surface area contributed by atoms with E-state index < -0.39 is 77.9 Å². The fourth-order valence-electron chi connectivity index (χ4n) is 5.91. The third kappa shape index (κ3) is 5.26. The van der Waals surface area contributed by atoms with Crippen LogP contribution in [0.25, 0.3) is 11.0 Å². The fourth-order valence-corrected chi connectivity index (χ4v) is 6.41. The lowest BCUT2D eigenvalue weighted by atomic mass is 9.92. The molecule has 4 aromatic rings. The zero-order valence-corrected chi connectivity index (χ0v) is 25.8. The number of nitrogens with zero attached hydrogens (tertiary/aromatic N) is 8. The number of aliphatic hydroxyl groups is 4. The molecule has 48 heavy (non-hydrogen) atoms. The summed E-state index contributed by atoms with van der Waals surface area (Å²) < 4.78 is 24.2. The van der Waals surface area contributed by atoms with E-state index in [4.69, 9.17) is 53.6 Å². The normalized spacial score (nSPS) is 31.3. The van der Waals surface area contributed by atoms with Crippen LogP contribution in [0.2, 0.25) is 0 Å². The molecule has 2 saturated heterocycles. The van der Waals surface area contributed by atoms with Gasteiger partial charge < -0.3 is 50.8 Å². The molecule has 0 aromatic carbocycles. The number of rotatable bonds is 8. The summed E-state index contributed by atoms with van der Waals surface area (Å²) in [5, 5.41) is 71.5. The minimum absolute atomic E-state index is 0.0593. The Bertz CT molecular complexity index is 1810. The lowest BCUT2D eigenvalue weighted by molar-refractivity contribution is -0.0658. The number of anilines is 2. The number of fused-ring (bicyclic) bond motifs is 2. The average Bonchev–Trinajstić information content (AvgIpc) is 3.80. The molecule has 10 atom stereocenters. The zero-order chi connectivity index (χ0) is 34.5. The SMILES string of the molecule is N#C[C@@]1(c2ccc3c(N)ncnn23)O[C@H](CC(Cl)OC(=O)OC(Cl)C[C@H]2O[C@@](C#N)(c3ccc4c(N)ncnn34)[C@H](O)[C@@H]2O)[C@@H](O)[C@H]1O. The first kappa shape index (κ1) is 33.3. The highest BCUT2D eigenvalue weighted by Crippen LogP contribution is 2.43. The number of carbonyl (C=O) groups excluding carboxylic acids is 1. The van der Waals surface area contributed by atoms with Gasteiger partial charge >= 0.3 is 6.16 Å². The van der Waals surface area contributed by atoms with Crippen LogP contribution in [0, 0.1) is 22.7 Å². The second-order valence-electron chi connectivity index (χ2n) is 11.0. The minimum Gasteiger partial charge on any atom is -0.414 e. The first-order valence-corrected chi connectivity index (χ1v) is 15.0. The van der Waals surface area contributed by atoms with Crippen molar-refractivity contribution in [1.82, 2.24) is 29.2 Å². The molecule has 0 amide bonds. The van der Waals surface area contributed by atoms with Gasteiger partial charge in [-0.1, -0.05) is 23.2 Å². The Balaban J connectivity index is 1.08. The van der Waals surface area contributed by atoms with E-state index in [1.165, 1.54) is 33.3 Å². The number of nitrogen functional groups attached to an aromatic ring is 2. The second kappa shape index (κ2) is 12.5. The van der Waals surface area contributed by atoms with E-state index in [1.807, 2.05) is 12.1 Å². The fraction of sp³-hybridized carbons (Fsp3) is 0.444. The van der Waals surface area contributed by atoms with Crippen LogP contribution in [-0.2, 0) is 30.1 Å². The quantitative estimate of drug-likeness (QED) is 0.0983. The first-order chi connectivity index (χ1) is 22.9. The van der Waals surface area contributed by atoms with Crippen LogP contribution in [0.5, 0.6) is 0 Å². The number of nitrogens with two attached hydrogens (primary N) is 2. The van der Waals surface area contributed by atoms with Gasteiger partial charge in [0.1, 0.15) is 60.2 Å². The van der Waals surface area contributed by atoms with Crippen molar-refractivity contribution in [3.05, 3.63) is 48.3 Å². The zero-order valence-electron chi connectivity index (χ0n) is 24.3. The minimum atomic E-state index is -2.10. The number of alkyl halides is 2. The Labute approximate surface area is 279 Å². The summed E-state index contributed by atoms with van der Waals surface area (Å²) >= 11 is 12.4. The van der Waals surface area contributed by atoms with Crippen molar-refractivity contribution < 1.29 is 44.2 Å². The third-order valence-corrected chi connectivity index (χ3v) is 8.79. The molecule has 0 radical (unpaired) electrons. The number of nitriles is 2. The highest BCUT2D eigenvalue weighted by Gasteiger charge is 2.59. The van der Waals surface area contributed by atoms with E-state index in [1.54, 1.807) is 0 Å². The van der Waals surface area contributed by atoms with E-state index in [0.717, 1.165) is 12.7 Å². The van der Waals surface area contributed by atoms with E-state index in [-0.39, 0.29) is 23.0 Å². The number of carbonyl (C=O) groups is 1. The smallest absolute Gasteiger partial charge is 0.414 e. The molecular weight excluding hydrogens is 679 g/mol. The highest BCUT2D eigenvalue weighted by atomic mass is 35.5. The van der Waals surface area contributed by atoms with Crippen LogP contribution in [0.3, 0.4) is 0 Å². The molecular formula is C27H26Cl2N10O9. The van der Waals surface area contributed by atoms with E-state index >= 15 is 0 Å². The molecule has 2 unspecified atom stereocenters. The molecule has 19 nitrogen and oxygen atoms in total. The topological polar surface area (TPSA) is 295 Å². The number of halogens is 2. The molecule has 2 fully saturated rings. The Morgan fingerprint density at radius 3 is 1.60 bits per heavy atom. The molecule has 0 bridgehead atoms. The van der Waals surface area contributed by atoms with Gasteiger partial charge in [0.25, 0.3) is 0 Å². The summed E-state index contributed by atoms with van der Waals surface area (Å²) in [5.41, 5.74) is 5.27. The Hall–Kier alpha value is -4.57. The maximum Gasteiger partial charge on any atom is 0.511 e. The molecule has 0 aliphatic carbocycles. The molecule has 0 saturated carbocycles. The van der Waals surface area contributed by atoms with Gasteiger partial charge in [0.15, 0.2) is 22.8 Å². The van der Waals surface area contributed by atoms with Crippen molar-refractivity contribution in [3.8, 4) is 12.1 Å². The predicted octanol–water partition coefficient (Wildman–Crippen LogP) is -0.621. The molecule has 6 heterocycles. The maximum absolute atomic E-state index is 12.5. The van der Waals surface area contributed by atoms with Crippen LogP contribution < -0.4 is 11.5 Å². The second-order valence-corrected chi connectivity index (χ2v) is 12.0. The molecule has 252 valence electrons. The van der Waals surface area contributed by atoms with Crippen molar-refractivity contribution in [3.63, 3.8) is 0 Å². The predicted molar refractivity (Wildman–Crippen MR) is 159 cm³/mol.